The molecule has 1 unspecified atom stereocenters. The van der Waals surface area contributed by atoms with Gasteiger partial charge in [-0.05, 0) is 54.8 Å². The van der Waals surface area contributed by atoms with Gasteiger partial charge in [0.05, 0.1) is 11.7 Å². The second-order valence-corrected chi connectivity index (χ2v) is 8.26. The number of thioether (sulfide) groups is 1. The first-order valence-corrected chi connectivity index (χ1v) is 11.2. The zero-order chi connectivity index (χ0) is 20.6. The summed E-state index contributed by atoms with van der Waals surface area (Å²) in [6.07, 6.45) is 2.51. The van der Waals surface area contributed by atoms with Crippen LogP contribution in [0.15, 0.2) is 83.8 Å². The highest BCUT2D eigenvalue weighted by molar-refractivity contribution is 7.99. The minimum atomic E-state index is -0.108. The van der Waals surface area contributed by atoms with Crippen LogP contribution in [0.1, 0.15) is 28.8 Å². The molecule has 1 heterocycles. The van der Waals surface area contributed by atoms with Gasteiger partial charge in [-0.3, -0.25) is 4.79 Å². The molecule has 3 aromatic rings. The first kappa shape index (κ1) is 20.5. The third-order valence-corrected chi connectivity index (χ3v) is 6.15. The molecule has 0 spiro atoms. The highest BCUT2D eigenvalue weighted by atomic mass is 32.2. The average molecular weight is 420 g/mol. The topological polar surface area (TPSA) is 47.6 Å². The molecule has 4 rings (SSSR count). The molecule has 0 bridgehead atoms. The lowest BCUT2D eigenvalue weighted by molar-refractivity contribution is 0.102. The maximum atomic E-state index is 12.8. The second-order valence-electron chi connectivity index (χ2n) is 7.19. The van der Waals surface area contributed by atoms with Gasteiger partial charge >= 0.3 is 0 Å². The number of carbonyl (C=O) groups is 1. The Morgan fingerprint density at radius 1 is 1.00 bits per heavy atom. The fourth-order valence-corrected chi connectivity index (χ4v) is 4.43. The molecule has 0 aromatic heterocycles. The predicted molar refractivity (Wildman–Crippen MR) is 121 cm³/mol. The number of amides is 1. The Kier molecular flexibility index (Phi) is 7.06. The molecule has 0 saturated carbocycles. The molecule has 0 aliphatic carbocycles. The van der Waals surface area contributed by atoms with Crippen molar-refractivity contribution >= 4 is 23.4 Å². The molecule has 1 aliphatic heterocycles. The molecule has 154 valence electrons. The molecule has 0 radical (unpaired) electrons. The summed E-state index contributed by atoms with van der Waals surface area (Å²) in [6, 6.07) is 25.2. The minimum Gasteiger partial charge on any atom is -0.489 e. The molecule has 1 aliphatic rings. The third kappa shape index (κ3) is 5.65. The van der Waals surface area contributed by atoms with Crippen molar-refractivity contribution in [3.63, 3.8) is 0 Å². The summed E-state index contributed by atoms with van der Waals surface area (Å²) in [6.45, 7) is 1.36. The Morgan fingerprint density at radius 3 is 2.53 bits per heavy atom. The number of carbonyl (C=O) groups excluding carboxylic acids is 1. The number of benzene rings is 3. The number of nitrogens with one attached hydrogen (secondary N) is 1. The lowest BCUT2D eigenvalue weighted by Gasteiger charge is -2.13. The van der Waals surface area contributed by atoms with E-state index in [-0.39, 0.29) is 12.0 Å². The maximum absolute atomic E-state index is 12.8. The Bertz CT molecular complexity index is 954. The second kappa shape index (κ2) is 10.3. The van der Waals surface area contributed by atoms with E-state index in [4.69, 9.17) is 9.47 Å². The Hall–Kier alpha value is -2.76. The molecule has 1 atom stereocenters. The largest absolute Gasteiger partial charge is 0.489 e. The molecule has 1 amide bonds. The van der Waals surface area contributed by atoms with E-state index in [2.05, 4.69) is 5.32 Å². The first-order valence-electron chi connectivity index (χ1n) is 10.2. The third-order valence-electron chi connectivity index (χ3n) is 4.94. The van der Waals surface area contributed by atoms with Crippen LogP contribution in [0.4, 0.5) is 5.69 Å². The summed E-state index contributed by atoms with van der Waals surface area (Å²) in [7, 11) is 0. The Balaban J connectivity index is 1.34. The van der Waals surface area contributed by atoms with E-state index >= 15 is 0 Å². The van der Waals surface area contributed by atoms with Crippen molar-refractivity contribution < 1.29 is 14.3 Å². The SMILES string of the molecule is O=C(Nc1ccc(OCc2ccccc2)cc1)c1ccccc1SCC1CCCO1. The molecule has 5 heteroatoms. The van der Waals surface area contributed by atoms with Crippen molar-refractivity contribution in [2.45, 2.75) is 30.4 Å². The first-order chi connectivity index (χ1) is 14.8. The molecular formula is C25H25NO3S. The van der Waals surface area contributed by atoms with E-state index in [9.17, 15) is 4.79 Å². The van der Waals surface area contributed by atoms with Crippen LogP contribution in [-0.4, -0.2) is 24.4 Å². The van der Waals surface area contributed by atoms with Crippen molar-refractivity contribution in [3.8, 4) is 5.75 Å². The van der Waals surface area contributed by atoms with Gasteiger partial charge in [-0.2, -0.15) is 0 Å². The van der Waals surface area contributed by atoms with E-state index < -0.39 is 0 Å². The van der Waals surface area contributed by atoms with Crippen LogP contribution >= 0.6 is 11.8 Å². The summed E-state index contributed by atoms with van der Waals surface area (Å²) in [5.74, 6) is 1.53. The highest BCUT2D eigenvalue weighted by Gasteiger charge is 2.18. The van der Waals surface area contributed by atoms with Crippen molar-refractivity contribution in [1.82, 2.24) is 0 Å². The van der Waals surface area contributed by atoms with E-state index in [1.165, 1.54) is 0 Å². The zero-order valence-corrected chi connectivity index (χ0v) is 17.6. The van der Waals surface area contributed by atoms with E-state index in [0.29, 0.717) is 12.2 Å². The molecule has 1 N–H and O–H groups in total. The van der Waals surface area contributed by atoms with Gasteiger partial charge in [-0.15, -0.1) is 11.8 Å². The minimum absolute atomic E-state index is 0.108. The van der Waals surface area contributed by atoms with Gasteiger partial charge in [0.1, 0.15) is 12.4 Å². The fourth-order valence-electron chi connectivity index (χ4n) is 3.31. The van der Waals surface area contributed by atoms with Crippen molar-refractivity contribution in [2.75, 3.05) is 17.7 Å². The molecule has 4 nitrogen and oxygen atoms in total. The lowest BCUT2D eigenvalue weighted by Crippen LogP contribution is -2.14. The van der Waals surface area contributed by atoms with Crippen LogP contribution < -0.4 is 10.1 Å². The number of hydrogen-bond donors (Lipinski definition) is 1. The van der Waals surface area contributed by atoms with Crippen LogP contribution in [0.3, 0.4) is 0 Å². The van der Waals surface area contributed by atoms with Crippen molar-refractivity contribution in [2.24, 2.45) is 0 Å². The number of anilines is 1. The van der Waals surface area contributed by atoms with Crippen molar-refractivity contribution in [1.29, 1.82) is 0 Å². The molecule has 3 aromatic carbocycles. The highest BCUT2D eigenvalue weighted by Crippen LogP contribution is 2.27. The van der Waals surface area contributed by atoms with Crippen LogP contribution in [-0.2, 0) is 11.3 Å². The molecule has 1 saturated heterocycles. The monoisotopic (exact) mass is 419 g/mol. The normalized spacial score (nSPS) is 15.7. The molecule has 1 fully saturated rings. The van der Waals surface area contributed by atoms with Crippen LogP contribution in [0.2, 0.25) is 0 Å². The lowest BCUT2D eigenvalue weighted by atomic mass is 10.2. The summed E-state index contributed by atoms with van der Waals surface area (Å²) in [5, 5.41) is 2.99. The summed E-state index contributed by atoms with van der Waals surface area (Å²) >= 11 is 1.68. The number of rotatable bonds is 8. The van der Waals surface area contributed by atoms with E-state index in [1.807, 2.05) is 78.9 Å². The van der Waals surface area contributed by atoms with Gasteiger partial charge in [-0.1, -0.05) is 42.5 Å². The summed E-state index contributed by atoms with van der Waals surface area (Å²) in [4.78, 5) is 13.8. The van der Waals surface area contributed by atoms with Gasteiger partial charge in [0.25, 0.3) is 5.91 Å². The Labute approximate surface area is 181 Å². The van der Waals surface area contributed by atoms with Gasteiger partial charge in [0, 0.05) is 22.9 Å². The smallest absolute Gasteiger partial charge is 0.256 e. The standard InChI is InChI=1S/C25H25NO3S/c27-25(23-10-4-5-11-24(23)30-18-22-9-6-16-28-22)26-20-12-14-21(15-13-20)29-17-19-7-2-1-3-8-19/h1-5,7-8,10-15,22H,6,9,16-18H2,(H,26,27). The number of hydrogen-bond acceptors (Lipinski definition) is 4. The van der Waals surface area contributed by atoms with Gasteiger partial charge < -0.3 is 14.8 Å². The molecular weight excluding hydrogens is 394 g/mol. The summed E-state index contributed by atoms with van der Waals surface area (Å²) < 4.78 is 11.5. The fraction of sp³-hybridized carbons (Fsp3) is 0.240. The molecule has 30 heavy (non-hydrogen) atoms. The van der Waals surface area contributed by atoms with Gasteiger partial charge in [0.15, 0.2) is 0 Å². The predicted octanol–water partition coefficient (Wildman–Crippen LogP) is 5.79. The Morgan fingerprint density at radius 2 is 1.77 bits per heavy atom. The zero-order valence-electron chi connectivity index (χ0n) is 16.8. The van der Waals surface area contributed by atoms with Crippen molar-refractivity contribution in [3.05, 3.63) is 90.0 Å². The summed E-state index contributed by atoms with van der Waals surface area (Å²) in [5.41, 5.74) is 2.54. The van der Waals surface area contributed by atoms with Gasteiger partial charge in [0.2, 0.25) is 0 Å². The van der Waals surface area contributed by atoms with Crippen LogP contribution in [0.25, 0.3) is 0 Å². The van der Waals surface area contributed by atoms with Crippen LogP contribution in [0.5, 0.6) is 5.75 Å². The quantitative estimate of drug-likeness (QED) is 0.470. The van der Waals surface area contributed by atoms with Gasteiger partial charge in [-0.25, -0.2) is 0 Å². The average Bonchev–Trinajstić information content (AvgIpc) is 3.32. The maximum Gasteiger partial charge on any atom is 0.256 e. The van der Waals surface area contributed by atoms with Crippen LogP contribution in [0, 0.1) is 0 Å². The van der Waals surface area contributed by atoms with E-state index in [1.54, 1.807) is 11.8 Å². The number of ether oxygens (including phenoxy) is 2. The van der Waals surface area contributed by atoms with E-state index in [0.717, 1.165) is 47.1 Å².